The maximum Gasteiger partial charge on any atom is 0.392 e. The van der Waals surface area contributed by atoms with Gasteiger partial charge in [-0.3, -0.25) is 0 Å². The van der Waals surface area contributed by atoms with Gasteiger partial charge in [-0.05, 0) is 41.5 Å². The summed E-state index contributed by atoms with van der Waals surface area (Å²) in [6.45, 7) is 0.219. The van der Waals surface area contributed by atoms with E-state index >= 15 is 0 Å². The molecule has 0 radical (unpaired) electrons. The van der Waals surface area contributed by atoms with Crippen molar-refractivity contribution in [2.45, 2.75) is 31.7 Å². The quantitative estimate of drug-likeness (QED) is 0.216. The second-order valence-electron chi connectivity index (χ2n) is 10.1. The molecule has 0 saturated heterocycles. The van der Waals surface area contributed by atoms with Crippen LogP contribution >= 0.6 is 11.3 Å². The maximum absolute atomic E-state index is 12.5. The average Bonchev–Trinajstić information content (AvgIpc) is 3.41. The third-order valence-electron chi connectivity index (χ3n) is 6.80. The molecular formula is C31H26F3N5O6S. The molecule has 238 valence electrons. The van der Waals surface area contributed by atoms with E-state index in [9.17, 15) is 23.1 Å². The number of rotatable bonds is 7. The molecule has 2 aliphatic heterocycles. The van der Waals surface area contributed by atoms with Crippen LogP contribution in [0, 0.1) is 0 Å². The molecule has 0 fully saturated rings. The molecule has 4 bridgehead atoms. The van der Waals surface area contributed by atoms with E-state index < -0.39 is 31.3 Å². The van der Waals surface area contributed by atoms with Crippen LogP contribution in [0.2, 0.25) is 0 Å². The number of nitrogens with one attached hydrogen (secondary N) is 1. The molecule has 2 aromatic carbocycles. The number of fused-ring (bicyclic) bond motifs is 7. The van der Waals surface area contributed by atoms with Crippen LogP contribution in [0.1, 0.15) is 17.7 Å². The third-order valence-corrected chi connectivity index (χ3v) is 7.81. The molecule has 11 nitrogen and oxygen atoms in total. The standard InChI is InChI=1S/C31H26F3N5O6S/c32-31(33,34)9-12-43-30-36-10-8-21(39-30)16-44-29-24-19-4-6-20(7-5-19)35-11-13-42-22-3-1-2-18(14-22)15-23(28(40)41)45-26-25(24)27(46-29)38-17-37-26/h1-8,10,14,17,23,35H,9,11-13,15-16H2,(H,40,41). The van der Waals surface area contributed by atoms with Crippen molar-refractivity contribution in [2.75, 3.05) is 25.1 Å². The number of hydrogen-bond acceptors (Lipinski definition) is 11. The number of halogens is 3. The van der Waals surface area contributed by atoms with Crippen LogP contribution in [-0.2, 0) is 17.8 Å². The van der Waals surface area contributed by atoms with Crippen molar-refractivity contribution < 1.29 is 42.0 Å². The van der Waals surface area contributed by atoms with Gasteiger partial charge in [0.1, 0.15) is 36.7 Å². The molecule has 0 aliphatic carbocycles. The Hall–Kier alpha value is -5.18. The number of thiophene rings is 1. The third kappa shape index (κ3) is 7.54. The highest BCUT2D eigenvalue weighted by Crippen LogP contribution is 2.47. The van der Waals surface area contributed by atoms with Crippen molar-refractivity contribution in [2.24, 2.45) is 0 Å². The van der Waals surface area contributed by atoms with Crippen LogP contribution in [0.5, 0.6) is 22.7 Å². The number of carbonyl (C=O) groups is 1. The number of aliphatic carboxylic acids is 1. The minimum atomic E-state index is -4.36. The number of benzene rings is 2. The first-order chi connectivity index (χ1) is 22.2. The SMILES string of the molecule is O=C(O)C1Cc2cccc(c2)OCCNc2ccc(cc2)-c2c(OCc3ccnc(OCCC(F)(F)F)n3)sc3ncnc(c23)O1. The lowest BCUT2D eigenvalue weighted by Crippen LogP contribution is -2.29. The zero-order chi connectivity index (χ0) is 32.1. The second kappa shape index (κ2) is 13.4. The summed E-state index contributed by atoms with van der Waals surface area (Å²) in [6, 6.07) is 16.1. The number of hydrogen-bond donors (Lipinski definition) is 2. The summed E-state index contributed by atoms with van der Waals surface area (Å²) in [5.74, 6) is -0.493. The summed E-state index contributed by atoms with van der Waals surface area (Å²) in [7, 11) is 0. The Bertz CT molecular complexity index is 1840. The highest BCUT2D eigenvalue weighted by atomic mass is 32.1. The van der Waals surface area contributed by atoms with E-state index in [1.807, 2.05) is 24.3 Å². The van der Waals surface area contributed by atoms with Crippen LogP contribution in [0.3, 0.4) is 0 Å². The Balaban J connectivity index is 1.35. The van der Waals surface area contributed by atoms with E-state index in [0.29, 0.717) is 51.0 Å². The number of nitrogens with zero attached hydrogens (tertiary/aromatic N) is 4. The largest absolute Gasteiger partial charge is 0.492 e. The Morgan fingerprint density at radius 2 is 1.93 bits per heavy atom. The Labute approximate surface area is 264 Å². The molecule has 0 spiro atoms. The monoisotopic (exact) mass is 653 g/mol. The predicted molar refractivity (Wildman–Crippen MR) is 162 cm³/mol. The summed E-state index contributed by atoms with van der Waals surface area (Å²) in [4.78, 5) is 29.6. The number of carboxylic acid groups (broad SMARTS) is 1. The molecule has 2 N–H and O–H groups in total. The summed E-state index contributed by atoms with van der Waals surface area (Å²) in [5.41, 5.74) is 3.23. The van der Waals surface area contributed by atoms with Gasteiger partial charge in [0.05, 0.1) is 23.1 Å². The Kier molecular flexibility index (Phi) is 9.01. The van der Waals surface area contributed by atoms with Gasteiger partial charge in [0.15, 0.2) is 5.06 Å². The molecular weight excluding hydrogens is 627 g/mol. The summed E-state index contributed by atoms with van der Waals surface area (Å²) in [6.07, 6.45) is -4.06. The van der Waals surface area contributed by atoms with E-state index in [1.165, 1.54) is 23.9 Å². The first-order valence-electron chi connectivity index (χ1n) is 14.1. The molecule has 5 aromatic rings. The molecule has 5 heterocycles. The highest BCUT2D eigenvalue weighted by molar-refractivity contribution is 7.21. The summed E-state index contributed by atoms with van der Waals surface area (Å²) in [5, 5.41) is 14.3. The maximum atomic E-state index is 12.5. The van der Waals surface area contributed by atoms with E-state index in [4.69, 9.17) is 18.9 Å². The van der Waals surface area contributed by atoms with E-state index in [-0.39, 0.29) is 24.9 Å². The number of anilines is 1. The summed E-state index contributed by atoms with van der Waals surface area (Å²) < 4.78 is 60.8. The number of alkyl halides is 3. The van der Waals surface area contributed by atoms with E-state index in [1.54, 1.807) is 30.3 Å². The van der Waals surface area contributed by atoms with E-state index in [0.717, 1.165) is 11.3 Å². The lowest BCUT2D eigenvalue weighted by atomic mass is 10.0. The topological polar surface area (TPSA) is 138 Å². The lowest BCUT2D eigenvalue weighted by molar-refractivity contribution is -0.145. The van der Waals surface area contributed by atoms with Crippen molar-refractivity contribution in [1.82, 2.24) is 19.9 Å². The van der Waals surface area contributed by atoms with Crippen molar-refractivity contribution in [3.63, 3.8) is 0 Å². The van der Waals surface area contributed by atoms with Gasteiger partial charge in [-0.15, -0.1) is 0 Å². The smallest absolute Gasteiger partial charge is 0.392 e. The fourth-order valence-electron chi connectivity index (χ4n) is 4.67. The van der Waals surface area contributed by atoms with Crippen LogP contribution in [0.15, 0.2) is 67.1 Å². The molecule has 15 heteroatoms. The van der Waals surface area contributed by atoms with Crippen molar-refractivity contribution in [1.29, 1.82) is 0 Å². The second-order valence-corrected chi connectivity index (χ2v) is 11.1. The van der Waals surface area contributed by atoms with Crippen molar-refractivity contribution in [3.8, 4) is 33.8 Å². The van der Waals surface area contributed by atoms with Crippen LogP contribution in [0.25, 0.3) is 21.3 Å². The zero-order valence-electron chi connectivity index (χ0n) is 24.0. The summed E-state index contributed by atoms with van der Waals surface area (Å²) >= 11 is 1.21. The van der Waals surface area contributed by atoms with Gasteiger partial charge in [0.2, 0.25) is 12.0 Å². The zero-order valence-corrected chi connectivity index (χ0v) is 24.8. The average molecular weight is 654 g/mol. The molecule has 3 aromatic heterocycles. The van der Waals surface area contributed by atoms with Gasteiger partial charge < -0.3 is 29.4 Å². The van der Waals surface area contributed by atoms with Crippen molar-refractivity contribution in [3.05, 3.63) is 78.4 Å². The van der Waals surface area contributed by atoms with Gasteiger partial charge in [0, 0.05) is 24.8 Å². The Morgan fingerprint density at radius 1 is 1.09 bits per heavy atom. The minimum absolute atomic E-state index is 0.0501. The van der Waals surface area contributed by atoms with Crippen LogP contribution in [-0.4, -0.2) is 63.1 Å². The first kappa shape index (κ1) is 30.8. The fourth-order valence-corrected chi connectivity index (χ4v) is 5.68. The molecule has 1 unspecified atom stereocenters. The van der Waals surface area contributed by atoms with Gasteiger partial charge in [-0.25, -0.2) is 19.7 Å². The van der Waals surface area contributed by atoms with Gasteiger partial charge >= 0.3 is 18.2 Å². The van der Waals surface area contributed by atoms with Crippen LogP contribution in [0.4, 0.5) is 18.9 Å². The Morgan fingerprint density at radius 3 is 2.74 bits per heavy atom. The molecule has 0 saturated carbocycles. The van der Waals surface area contributed by atoms with Gasteiger partial charge in [0.25, 0.3) is 0 Å². The fraction of sp³-hybridized carbons (Fsp3) is 0.258. The molecule has 1 atom stereocenters. The van der Waals surface area contributed by atoms with Crippen LogP contribution < -0.4 is 24.3 Å². The molecule has 7 rings (SSSR count). The minimum Gasteiger partial charge on any atom is -0.492 e. The van der Waals surface area contributed by atoms with E-state index in [2.05, 4.69) is 25.3 Å². The first-order valence-corrected chi connectivity index (χ1v) is 14.9. The lowest BCUT2D eigenvalue weighted by Gasteiger charge is -2.16. The van der Waals surface area contributed by atoms with Crippen molar-refractivity contribution >= 4 is 33.2 Å². The molecule has 46 heavy (non-hydrogen) atoms. The number of aromatic nitrogens is 4. The normalized spacial score (nSPS) is 14.9. The number of ether oxygens (including phenoxy) is 4. The van der Waals surface area contributed by atoms with Gasteiger partial charge in [-0.2, -0.15) is 18.2 Å². The highest BCUT2D eigenvalue weighted by Gasteiger charge is 2.28. The predicted octanol–water partition coefficient (Wildman–Crippen LogP) is 5.94. The molecule has 0 amide bonds. The van der Waals surface area contributed by atoms with Gasteiger partial charge in [-0.1, -0.05) is 35.6 Å². The number of carboxylic acids is 1. The molecule has 2 aliphatic rings.